The quantitative estimate of drug-likeness (QED) is 0.229. The molecule has 9 nitrogen and oxygen atoms in total. The summed E-state index contributed by atoms with van der Waals surface area (Å²) in [6.45, 7) is 9.80. The summed E-state index contributed by atoms with van der Waals surface area (Å²) in [7, 11) is 0. The number of nitrogens with zero attached hydrogens (tertiary/aromatic N) is 3. The zero-order valence-corrected chi connectivity index (χ0v) is 21.3. The number of hydrogen-bond acceptors (Lipinski definition) is 7. The number of amides is 2. The number of aryl methyl sites for hydroxylation is 1. The molecule has 10 heteroatoms. The van der Waals surface area contributed by atoms with Crippen molar-refractivity contribution in [2.75, 3.05) is 11.1 Å². The predicted molar refractivity (Wildman–Crippen MR) is 139 cm³/mol. The van der Waals surface area contributed by atoms with Crippen LogP contribution in [-0.4, -0.2) is 44.4 Å². The van der Waals surface area contributed by atoms with Crippen LogP contribution in [0.3, 0.4) is 0 Å². The summed E-state index contributed by atoms with van der Waals surface area (Å²) in [4.78, 5) is 37.2. The lowest BCUT2D eigenvalue weighted by atomic mass is 10.1. The molecule has 2 N–H and O–H groups in total. The summed E-state index contributed by atoms with van der Waals surface area (Å²) in [5.74, 6) is -0.289. The summed E-state index contributed by atoms with van der Waals surface area (Å²) >= 11 is 1.21. The van der Waals surface area contributed by atoms with E-state index in [1.54, 1.807) is 54.8 Å². The molecule has 0 atom stereocenters. The van der Waals surface area contributed by atoms with E-state index in [2.05, 4.69) is 27.4 Å². The van der Waals surface area contributed by atoms with Gasteiger partial charge in [-0.1, -0.05) is 42.1 Å². The van der Waals surface area contributed by atoms with E-state index in [1.165, 1.54) is 11.8 Å². The average Bonchev–Trinajstić information content (AvgIpc) is 3.23. The maximum atomic E-state index is 12.5. The fraction of sp³-hybridized carbons (Fsp3) is 0.269. The first-order valence-corrected chi connectivity index (χ1v) is 12.4. The lowest BCUT2D eigenvalue weighted by Crippen LogP contribution is -2.25. The van der Waals surface area contributed by atoms with Gasteiger partial charge in [0.05, 0.1) is 24.0 Å². The molecule has 0 aliphatic heterocycles. The van der Waals surface area contributed by atoms with Gasteiger partial charge in [0, 0.05) is 17.8 Å². The van der Waals surface area contributed by atoms with Gasteiger partial charge in [-0.05, 0) is 50.6 Å². The normalized spacial score (nSPS) is 10.7. The van der Waals surface area contributed by atoms with Crippen molar-refractivity contribution in [2.45, 2.75) is 45.1 Å². The minimum Gasteiger partial charge on any atom is -0.459 e. The van der Waals surface area contributed by atoms with Gasteiger partial charge in [0.1, 0.15) is 0 Å². The lowest BCUT2D eigenvalue weighted by Gasteiger charge is -2.11. The van der Waals surface area contributed by atoms with Crippen LogP contribution in [0.2, 0.25) is 0 Å². The molecule has 0 unspecified atom stereocenters. The van der Waals surface area contributed by atoms with Gasteiger partial charge in [0.15, 0.2) is 11.0 Å². The summed E-state index contributed by atoms with van der Waals surface area (Å²) in [6.07, 6.45) is 1.46. The van der Waals surface area contributed by atoms with E-state index in [0.29, 0.717) is 34.3 Å². The highest BCUT2D eigenvalue weighted by atomic mass is 32.2. The Kier molecular flexibility index (Phi) is 9.40. The van der Waals surface area contributed by atoms with Crippen LogP contribution >= 0.6 is 11.8 Å². The summed E-state index contributed by atoms with van der Waals surface area (Å²) < 4.78 is 6.99. The summed E-state index contributed by atoms with van der Waals surface area (Å²) in [5.41, 5.74) is 2.33. The maximum absolute atomic E-state index is 12.5. The minimum absolute atomic E-state index is 0.0749. The third-order valence-corrected chi connectivity index (χ3v) is 5.93. The Morgan fingerprint density at radius 1 is 1.14 bits per heavy atom. The Morgan fingerprint density at radius 2 is 1.92 bits per heavy atom. The monoisotopic (exact) mass is 507 g/mol. The van der Waals surface area contributed by atoms with Gasteiger partial charge in [-0.15, -0.1) is 16.8 Å². The Hall–Kier alpha value is -3.92. The second-order valence-corrected chi connectivity index (χ2v) is 9.11. The number of benzene rings is 2. The topological polar surface area (TPSA) is 115 Å². The molecule has 3 rings (SSSR count). The fourth-order valence-electron chi connectivity index (χ4n) is 3.28. The minimum atomic E-state index is -0.449. The van der Waals surface area contributed by atoms with Crippen LogP contribution in [0.5, 0.6) is 0 Å². The molecule has 0 saturated heterocycles. The molecule has 188 valence electrons. The number of aromatic nitrogens is 3. The van der Waals surface area contributed by atoms with Crippen LogP contribution in [0.4, 0.5) is 5.69 Å². The van der Waals surface area contributed by atoms with Crippen LogP contribution in [0.15, 0.2) is 66.3 Å². The summed E-state index contributed by atoms with van der Waals surface area (Å²) in [5, 5.41) is 14.5. The largest absolute Gasteiger partial charge is 0.459 e. The first kappa shape index (κ1) is 26.7. The highest BCUT2D eigenvalue weighted by Crippen LogP contribution is 2.19. The number of carbonyl (C=O) groups excluding carboxylic acids is 3. The van der Waals surface area contributed by atoms with Gasteiger partial charge in [-0.2, -0.15) is 0 Å². The van der Waals surface area contributed by atoms with Crippen LogP contribution in [0.25, 0.3) is 0 Å². The van der Waals surface area contributed by atoms with Crippen LogP contribution in [-0.2, 0) is 22.6 Å². The molecule has 0 radical (unpaired) electrons. The first-order chi connectivity index (χ1) is 17.3. The third kappa shape index (κ3) is 7.29. The molecule has 3 aromatic rings. The zero-order valence-electron chi connectivity index (χ0n) is 20.5. The van der Waals surface area contributed by atoms with Crippen molar-refractivity contribution < 1.29 is 19.1 Å². The van der Waals surface area contributed by atoms with Crippen molar-refractivity contribution >= 4 is 35.2 Å². The van der Waals surface area contributed by atoms with E-state index in [0.717, 1.165) is 5.56 Å². The molecule has 2 amide bonds. The molecule has 0 bridgehead atoms. The number of thioether (sulfide) groups is 1. The molecule has 1 heterocycles. The zero-order chi connectivity index (χ0) is 26.1. The number of nitrogens with one attached hydrogen (secondary N) is 2. The van der Waals surface area contributed by atoms with Gasteiger partial charge >= 0.3 is 5.97 Å². The Labute approximate surface area is 214 Å². The maximum Gasteiger partial charge on any atom is 0.338 e. The Balaban J connectivity index is 1.60. The van der Waals surface area contributed by atoms with Crippen molar-refractivity contribution in [3.8, 4) is 0 Å². The molecular formula is C26H29N5O4S. The Morgan fingerprint density at radius 3 is 2.64 bits per heavy atom. The van der Waals surface area contributed by atoms with E-state index in [9.17, 15) is 14.4 Å². The highest BCUT2D eigenvalue weighted by molar-refractivity contribution is 7.99. The third-order valence-electron chi connectivity index (χ3n) is 4.96. The van der Waals surface area contributed by atoms with Gasteiger partial charge in [0.25, 0.3) is 5.91 Å². The number of hydrogen-bond donors (Lipinski definition) is 2. The predicted octanol–water partition coefficient (Wildman–Crippen LogP) is 4.00. The van der Waals surface area contributed by atoms with Gasteiger partial charge in [-0.3, -0.25) is 9.59 Å². The fourth-order valence-corrected chi connectivity index (χ4v) is 4.05. The van der Waals surface area contributed by atoms with Crippen LogP contribution in [0, 0.1) is 6.92 Å². The Bertz CT molecular complexity index is 1250. The van der Waals surface area contributed by atoms with E-state index in [-0.39, 0.29) is 30.2 Å². The van der Waals surface area contributed by atoms with E-state index in [1.807, 2.05) is 25.1 Å². The number of carbonyl (C=O) groups is 3. The van der Waals surface area contributed by atoms with Crippen molar-refractivity contribution in [3.63, 3.8) is 0 Å². The smallest absolute Gasteiger partial charge is 0.338 e. The second-order valence-electron chi connectivity index (χ2n) is 8.17. The highest BCUT2D eigenvalue weighted by Gasteiger charge is 2.16. The number of esters is 1. The van der Waals surface area contributed by atoms with Gasteiger partial charge in [-0.25, -0.2) is 4.79 Å². The van der Waals surface area contributed by atoms with Crippen molar-refractivity contribution in [2.24, 2.45) is 0 Å². The summed E-state index contributed by atoms with van der Waals surface area (Å²) in [6, 6.07) is 13.9. The molecule has 36 heavy (non-hydrogen) atoms. The van der Waals surface area contributed by atoms with E-state index >= 15 is 0 Å². The SMILES string of the molecule is C=CCn1c(CNC(=O)c2ccccc2C)nnc1SCC(=O)Nc1cccc(C(=O)OC(C)C)c1. The van der Waals surface area contributed by atoms with E-state index in [4.69, 9.17) is 4.74 Å². The molecule has 2 aromatic carbocycles. The molecule has 0 fully saturated rings. The van der Waals surface area contributed by atoms with Gasteiger partial charge < -0.3 is 19.9 Å². The number of ether oxygens (including phenoxy) is 1. The molecular weight excluding hydrogens is 478 g/mol. The number of anilines is 1. The first-order valence-electron chi connectivity index (χ1n) is 11.4. The molecule has 1 aromatic heterocycles. The number of allylic oxidation sites excluding steroid dienone is 1. The van der Waals surface area contributed by atoms with Crippen molar-refractivity contribution in [1.82, 2.24) is 20.1 Å². The molecule has 0 saturated carbocycles. The van der Waals surface area contributed by atoms with E-state index < -0.39 is 5.97 Å². The van der Waals surface area contributed by atoms with Crippen molar-refractivity contribution in [1.29, 1.82) is 0 Å². The standard InChI is InChI=1S/C26H29N5O4S/c1-5-13-31-22(15-27-24(33)21-12-7-6-9-18(21)4)29-30-26(31)36-16-23(32)28-20-11-8-10-19(14-20)25(34)35-17(2)3/h5-12,14,17H,1,13,15-16H2,2-4H3,(H,27,33)(H,28,32). The van der Waals surface area contributed by atoms with Crippen LogP contribution in [0.1, 0.15) is 46.0 Å². The molecule has 0 spiro atoms. The lowest BCUT2D eigenvalue weighted by molar-refractivity contribution is -0.113. The van der Waals surface area contributed by atoms with Crippen LogP contribution < -0.4 is 10.6 Å². The second kappa shape index (κ2) is 12.7. The molecule has 0 aliphatic rings. The molecule has 0 aliphatic carbocycles. The average molecular weight is 508 g/mol. The number of rotatable bonds is 11. The van der Waals surface area contributed by atoms with Crippen molar-refractivity contribution in [3.05, 3.63) is 83.7 Å². The van der Waals surface area contributed by atoms with Gasteiger partial charge in [0.2, 0.25) is 5.91 Å².